The van der Waals surface area contributed by atoms with E-state index in [9.17, 15) is 4.79 Å². The van der Waals surface area contributed by atoms with Crippen LogP contribution >= 0.6 is 0 Å². The standard InChI is InChI=1S/C16H17N3O/c1-11-12(5-3-9-18-11)16(20)19-10-4-6-13-14(17)7-2-8-15(13)19/h2-3,5,7-9H,4,6,10,17H2,1H3. The third kappa shape index (κ3) is 2.03. The first-order chi connectivity index (χ1) is 9.68. The number of aromatic nitrogens is 1. The van der Waals surface area contributed by atoms with E-state index in [1.165, 1.54) is 0 Å². The van der Waals surface area contributed by atoms with Gasteiger partial charge in [0.1, 0.15) is 0 Å². The van der Waals surface area contributed by atoms with Crippen LogP contribution in [0.1, 0.15) is 28.0 Å². The monoisotopic (exact) mass is 267 g/mol. The number of carbonyl (C=O) groups excluding carboxylic acids is 1. The molecule has 1 aliphatic heterocycles. The van der Waals surface area contributed by atoms with Crippen molar-refractivity contribution in [2.45, 2.75) is 19.8 Å². The van der Waals surface area contributed by atoms with Gasteiger partial charge in [-0.2, -0.15) is 0 Å². The maximum absolute atomic E-state index is 12.7. The number of rotatable bonds is 1. The van der Waals surface area contributed by atoms with Gasteiger partial charge in [0.05, 0.1) is 5.56 Å². The Morgan fingerprint density at radius 2 is 2.15 bits per heavy atom. The highest BCUT2D eigenvalue weighted by Crippen LogP contribution is 2.32. The largest absolute Gasteiger partial charge is 0.398 e. The van der Waals surface area contributed by atoms with Gasteiger partial charge in [-0.05, 0) is 49.6 Å². The Kier molecular flexibility index (Phi) is 3.14. The fourth-order valence-corrected chi connectivity index (χ4v) is 2.72. The van der Waals surface area contributed by atoms with Gasteiger partial charge in [-0.1, -0.05) is 6.07 Å². The van der Waals surface area contributed by atoms with Crippen LogP contribution < -0.4 is 10.6 Å². The SMILES string of the molecule is Cc1ncccc1C(=O)N1CCCc2c(N)cccc21. The van der Waals surface area contributed by atoms with Crippen molar-refractivity contribution < 1.29 is 4.79 Å². The summed E-state index contributed by atoms with van der Waals surface area (Å²) in [5.41, 5.74) is 10.2. The maximum atomic E-state index is 12.7. The number of aryl methyl sites for hydroxylation is 1. The molecule has 3 rings (SSSR count). The lowest BCUT2D eigenvalue weighted by Gasteiger charge is -2.30. The number of pyridine rings is 1. The molecule has 0 fully saturated rings. The molecule has 2 N–H and O–H groups in total. The Balaban J connectivity index is 2.03. The topological polar surface area (TPSA) is 59.2 Å². The van der Waals surface area contributed by atoms with Crippen LogP contribution in [0.2, 0.25) is 0 Å². The second-order valence-electron chi connectivity index (χ2n) is 5.04. The highest BCUT2D eigenvalue weighted by Gasteiger charge is 2.25. The number of hydrogen-bond donors (Lipinski definition) is 1. The summed E-state index contributed by atoms with van der Waals surface area (Å²) in [5.74, 6) is 0.00199. The molecule has 2 aromatic rings. The van der Waals surface area contributed by atoms with Crippen LogP contribution in [-0.2, 0) is 6.42 Å². The summed E-state index contributed by atoms with van der Waals surface area (Å²) >= 11 is 0. The third-order valence-electron chi connectivity index (χ3n) is 3.77. The molecule has 4 heteroatoms. The van der Waals surface area contributed by atoms with E-state index in [2.05, 4.69) is 4.98 Å². The first-order valence-corrected chi connectivity index (χ1v) is 6.79. The van der Waals surface area contributed by atoms with Crippen molar-refractivity contribution in [3.63, 3.8) is 0 Å². The van der Waals surface area contributed by atoms with Gasteiger partial charge < -0.3 is 10.6 Å². The van der Waals surface area contributed by atoms with Crippen molar-refractivity contribution in [1.29, 1.82) is 0 Å². The highest BCUT2D eigenvalue weighted by atomic mass is 16.2. The lowest BCUT2D eigenvalue weighted by molar-refractivity contribution is 0.0984. The fraction of sp³-hybridized carbons (Fsp3) is 0.250. The molecule has 0 saturated carbocycles. The van der Waals surface area contributed by atoms with Crippen molar-refractivity contribution in [2.24, 2.45) is 0 Å². The van der Waals surface area contributed by atoms with Gasteiger partial charge >= 0.3 is 0 Å². The Labute approximate surface area is 118 Å². The number of carbonyl (C=O) groups is 1. The van der Waals surface area contributed by atoms with Gasteiger partial charge in [-0.15, -0.1) is 0 Å². The molecular formula is C16H17N3O. The molecule has 1 amide bonds. The van der Waals surface area contributed by atoms with E-state index in [1.807, 2.05) is 36.1 Å². The number of anilines is 2. The molecule has 4 nitrogen and oxygen atoms in total. The Bertz CT molecular complexity index is 667. The molecule has 0 bridgehead atoms. The molecule has 2 heterocycles. The van der Waals surface area contributed by atoms with Crippen molar-refractivity contribution in [1.82, 2.24) is 4.98 Å². The van der Waals surface area contributed by atoms with Crippen LogP contribution in [0.25, 0.3) is 0 Å². The minimum Gasteiger partial charge on any atom is -0.398 e. The molecule has 20 heavy (non-hydrogen) atoms. The van der Waals surface area contributed by atoms with Gasteiger partial charge in [0.15, 0.2) is 0 Å². The van der Waals surface area contributed by atoms with Crippen LogP contribution in [0.15, 0.2) is 36.5 Å². The fourth-order valence-electron chi connectivity index (χ4n) is 2.72. The normalized spacial score (nSPS) is 13.9. The van der Waals surface area contributed by atoms with Gasteiger partial charge in [0.25, 0.3) is 5.91 Å². The Morgan fingerprint density at radius 3 is 2.95 bits per heavy atom. The molecule has 1 aliphatic rings. The van der Waals surface area contributed by atoms with Crippen LogP contribution in [-0.4, -0.2) is 17.4 Å². The van der Waals surface area contributed by atoms with Crippen LogP contribution in [0.3, 0.4) is 0 Å². The van der Waals surface area contributed by atoms with Crippen molar-refractivity contribution in [2.75, 3.05) is 17.2 Å². The zero-order chi connectivity index (χ0) is 14.1. The summed E-state index contributed by atoms with van der Waals surface area (Å²) in [6, 6.07) is 9.38. The Hall–Kier alpha value is -2.36. The summed E-state index contributed by atoms with van der Waals surface area (Å²) in [6.07, 6.45) is 3.57. The summed E-state index contributed by atoms with van der Waals surface area (Å²) in [5, 5.41) is 0. The average Bonchev–Trinajstić information content (AvgIpc) is 2.47. The lowest BCUT2D eigenvalue weighted by Crippen LogP contribution is -2.36. The second-order valence-corrected chi connectivity index (χ2v) is 5.04. The van der Waals surface area contributed by atoms with Crippen LogP contribution in [0.4, 0.5) is 11.4 Å². The van der Waals surface area contributed by atoms with Gasteiger partial charge in [-0.25, -0.2) is 0 Å². The van der Waals surface area contributed by atoms with E-state index in [1.54, 1.807) is 12.3 Å². The number of amides is 1. The van der Waals surface area contributed by atoms with Crippen molar-refractivity contribution >= 4 is 17.3 Å². The van der Waals surface area contributed by atoms with E-state index in [0.29, 0.717) is 5.56 Å². The number of hydrogen-bond acceptors (Lipinski definition) is 3. The van der Waals surface area contributed by atoms with Crippen LogP contribution in [0.5, 0.6) is 0 Å². The summed E-state index contributed by atoms with van der Waals surface area (Å²) in [6.45, 7) is 2.58. The first kappa shape index (κ1) is 12.7. The minimum absolute atomic E-state index is 0.00199. The smallest absolute Gasteiger partial charge is 0.260 e. The maximum Gasteiger partial charge on any atom is 0.260 e. The van der Waals surface area contributed by atoms with Gasteiger partial charge in [0, 0.05) is 29.8 Å². The predicted molar refractivity (Wildman–Crippen MR) is 79.8 cm³/mol. The zero-order valence-electron chi connectivity index (χ0n) is 11.5. The summed E-state index contributed by atoms with van der Waals surface area (Å²) in [7, 11) is 0. The molecular weight excluding hydrogens is 250 g/mol. The first-order valence-electron chi connectivity index (χ1n) is 6.79. The van der Waals surface area contributed by atoms with E-state index < -0.39 is 0 Å². The molecule has 0 aliphatic carbocycles. The molecule has 1 aromatic carbocycles. The predicted octanol–water partition coefficient (Wildman–Crippen LogP) is 2.57. The summed E-state index contributed by atoms with van der Waals surface area (Å²) < 4.78 is 0. The molecule has 0 spiro atoms. The zero-order valence-corrected chi connectivity index (χ0v) is 11.5. The molecule has 0 saturated heterocycles. The molecule has 0 unspecified atom stereocenters. The van der Waals surface area contributed by atoms with E-state index in [0.717, 1.165) is 42.0 Å². The number of nitrogen functional groups attached to an aromatic ring is 1. The highest BCUT2D eigenvalue weighted by molar-refractivity contribution is 6.07. The molecule has 1 aromatic heterocycles. The second kappa shape index (κ2) is 4.96. The molecule has 102 valence electrons. The molecule has 0 atom stereocenters. The quantitative estimate of drug-likeness (QED) is 0.808. The lowest BCUT2D eigenvalue weighted by atomic mass is 9.99. The van der Waals surface area contributed by atoms with Gasteiger partial charge in [0.2, 0.25) is 0 Å². The van der Waals surface area contributed by atoms with Gasteiger partial charge in [-0.3, -0.25) is 9.78 Å². The third-order valence-corrected chi connectivity index (χ3v) is 3.77. The van der Waals surface area contributed by atoms with E-state index in [-0.39, 0.29) is 5.91 Å². The van der Waals surface area contributed by atoms with E-state index >= 15 is 0 Å². The average molecular weight is 267 g/mol. The summed E-state index contributed by atoms with van der Waals surface area (Å²) in [4.78, 5) is 18.8. The van der Waals surface area contributed by atoms with Crippen molar-refractivity contribution in [3.05, 3.63) is 53.3 Å². The number of nitrogens with two attached hydrogens (primary N) is 1. The van der Waals surface area contributed by atoms with Crippen LogP contribution in [0, 0.1) is 6.92 Å². The Morgan fingerprint density at radius 1 is 1.30 bits per heavy atom. The van der Waals surface area contributed by atoms with Crippen molar-refractivity contribution in [3.8, 4) is 0 Å². The van der Waals surface area contributed by atoms with E-state index in [4.69, 9.17) is 5.73 Å². The number of benzene rings is 1. The number of nitrogens with zero attached hydrogens (tertiary/aromatic N) is 2. The minimum atomic E-state index is 0.00199. The molecule has 0 radical (unpaired) electrons. The number of fused-ring (bicyclic) bond motifs is 1.